The lowest BCUT2D eigenvalue weighted by Gasteiger charge is -2.18. The van der Waals surface area contributed by atoms with Crippen LogP contribution in [-0.2, 0) is 6.42 Å². The largest absolute Gasteiger partial charge is 0.369 e. The highest BCUT2D eigenvalue weighted by atomic mass is 35.5. The van der Waals surface area contributed by atoms with Crippen molar-refractivity contribution >= 4 is 17.4 Å². The number of aromatic nitrogens is 1. The lowest BCUT2D eigenvalue weighted by molar-refractivity contribution is 0.698. The minimum atomic E-state index is 0.413. The van der Waals surface area contributed by atoms with Crippen molar-refractivity contribution in [3.05, 3.63) is 82.5 Å². The van der Waals surface area contributed by atoms with E-state index in [4.69, 9.17) is 11.6 Å². The van der Waals surface area contributed by atoms with E-state index in [0.29, 0.717) is 5.92 Å². The van der Waals surface area contributed by atoms with E-state index >= 15 is 0 Å². The molecular weight excluding hydrogens is 340 g/mol. The predicted molar refractivity (Wildman–Crippen MR) is 110 cm³/mol. The van der Waals surface area contributed by atoms with Crippen LogP contribution < -0.4 is 5.32 Å². The fourth-order valence-electron chi connectivity index (χ4n) is 3.88. The zero-order chi connectivity index (χ0) is 17.9. The first-order valence-electron chi connectivity index (χ1n) is 9.34. The molecule has 1 aliphatic rings. The molecule has 0 fully saturated rings. The average Bonchev–Trinajstić information content (AvgIpc) is 3.16. The molecule has 1 unspecified atom stereocenters. The van der Waals surface area contributed by atoms with E-state index < -0.39 is 0 Å². The van der Waals surface area contributed by atoms with Crippen LogP contribution in [0.25, 0.3) is 11.1 Å². The SMILES string of the molecule is CCCC(c1ccc(Cl)cc1)c1ccc(-c2ccnc3c2CCN3)cc1. The van der Waals surface area contributed by atoms with Crippen LogP contribution in [0.1, 0.15) is 42.4 Å². The Kier molecular flexibility index (Phi) is 4.94. The van der Waals surface area contributed by atoms with Crippen LogP contribution in [0.4, 0.5) is 5.82 Å². The molecule has 4 rings (SSSR count). The van der Waals surface area contributed by atoms with Gasteiger partial charge in [0.05, 0.1) is 0 Å². The summed E-state index contributed by atoms with van der Waals surface area (Å²) in [6.45, 7) is 3.22. The number of halogens is 1. The van der Waals surface area contributed by atoms with Crippen LogP contribution in [-0.4, -0.2) is 11.5 Å². The molecule has 1 atom stereocenters. The van der Waals surface area contributed by atoms with E-state index in [9.17, 15) is 0 Å². The fraction of sp³-hybridized carbons (Fsp3) is 0.261. The van der Waals surface area contributed by atoms with Crippen molar-refractivity contribution in [3.8, 4) is 11.1 Å². The number of pyridine rings is 1. The Morgan fingerprint density at radius 1 is 1.00 bits per heavy atom. The maximum absolute atomic E-state index is 6.06. The Bertz CT molecular complexity index is 885. The first-order chi connectivity index (χ1) is 12.8. The normalized spacial score (nSPS) is 13.9. The van der Waals surface area contributed by atoms with E-state index in [1.54, 1.807) is 0 Å². The molecule has 2 aromatic carbocycles. The molecule has 0 amide bonds. The maximum Gasteiger partial charge on any atom is 0.129 e. The first kappa shape index (κ1) is 17.1. The first-order valence-corrected chi connectivity index (χ1v) is 9.71. The van der Waals surface area contributed by atoms with Gasteiger partial charge < -0.3 is 5.32 Å². The third-order valence-electron chi connectivity index (χ3n) is 5.20. The highest BCUT2D eigenvalue weighted by Gasteiger charge is 2.17. The summed E-state index contributed by atoms with van der Waals surface area (Å²) < 4.78 is 0. The third-order valence-corrected chi connectivity index (χ3v) is 5.45. The highest BCUT2D eigenvalue weighted by molar-refractivity contribution is 6.30. The van der Waals surface area contributed by atoms with Gasteiger partial charge in [0.1, 0.15) is 5.82 Å². The van der Waals surface area contributed by atoms with Gasteiger partial charge in [0.15, 0.2) is 0 Å². The third kappa shape index (κ3) is 3.34. The molecule has 3 aromatic rings. The van der Waals surface area contributed by atoms with Crippen molar-refractivity contribution in [2.24, 2.45) is 0 Å². The molecule has 132 valence electrons. The smallest absolute Gasteiger partial charge is 0.129 e. The zero-order valence-corrected chi connectivity index (χ0v) is 15.8. The monoisotopic (exact) mass is 362 g/mol. The van der Waals surface area contributed by atoms with E-state index in [2.05, 4.69) is 59.7 Å². The molecule has 26 heavy (non-hydrogen) atoms. The molecule has 0 saturated heterocycles. The number of benzene rings is 2. The van der Waals surface area contributed by atoms with Gasteiger partial charge in [-0.05, 0) is 53.3 Å². The second-order valence-corrected chi connectivity index (χ2v) is 7.31. The van der Waals surface area contributed by atoms with Crippen LogP contribution >= 0.6 is 11.6 Å². The lowest BCUT2D eigenvalue weighted by Crippen LogP contribution is -2.01. The quantitative estimate of drug-likeness (QED) is 0.575. The van der Waals surface area contributed by atoms with Crippen LogP contribution in [0.3, 0.4) is 0 Å². The summed E-state index contributed by atoms with van der Waals surface area (Å²) in [5.41, 5.74) is 6.59. The van der Waals surface area contributed by atoms with Crippen LogP contribution in [0.5, 0.6) is 0 Å². The summed E-state index contributed by atoms with van der Waals surface area (Å²) in [5, 5.41) is 4.15. The molecule has 0 spiro atoms. The minimum Gasteiger partial charge on any atom is -0.369 e. The minimum absolute atomic E-state index is 0.413. The predicted octanol–water partition coefficient (Wildman–Crippen LogP) is 6.30. The van der Waals surface area contributed by atoms with Crippen molar-refractivity contribution in [2.45, 2.75) is 32.1 Å². The number of nitrogens with one attached hydrogen (secondary N) is 1. The van der Waals surface area contributed by atoms with Gasteiger partial charge in [0.2, 0.25) is 0 Å². The van der Waals surface area contributed by atoms with Crippen molar-refractivity contribution in [1.82, 2.24) is 4.98 Å². The van der Waals surface area contributed by atoms with E-state index in [0.717, 1.165) is 36.6 Å². The standard InChI is InChI=1S/C23H23ClN2/c1-2-3-20(17-8-10-19(24)11-9-17)16-4-6-18(7-5-16)21-12-14-25-23-22(21)13-15-26-23/h4-12,14,20H,2-3,13,15H2,1H3,(H,25,26). The number of rotatable bonds is 5. The summed E-state index contributed by atoms with van der Waals surface area (Å²) in [7, 11) is 0. The van der Waals surface area contributed by atoms with Gasteiger partial charge in [-0.25, -0.2) is 4.98 Å². The van der Waals surface area contributed by atoms with Crippen molar-refractivity contribution in [2.75, 3.05) is 11.9 Å². The molecule has 2 nitrogen and oxygen atoms in total. The van der Waals surface area contributed by atoms with Gasteiger partial charge in [-0.2, -0.15) is 0 Å². The summed E-state index contributed by atoms with van der Waals surface area (Å²) in [5.74, 6) is 1.45. The van der Waals surface area contributed by atoms with Crippen molar-refractivity contribution < 1.29 is 0 Å². The fourth-order valence-corrected chi connectivity index (χ4v) is 4.00. The summed E-state index contributed by atoms with van der Waals surface area (Å²) in [4.78, 5) is 4.44. The molecule has 0 bridgehead atoms. The van der Waals surface area contributed by atoms with Gasteiger partial charge >= 0.3 is 0 Å². The molecule has 1 aliphatic heterocycles. The van der Waals surface area contributed by atoms with Crippen LogP contribution in [0.15, 0.2) is 60.8 Å². The van der Waals surface area contributed by atoms with Gasteiger partial charge in [-0.15, -0.1) is 0 Å². The Hall–Kier alpha value is -2.32. The molecule has 0 radical (unpaired) electrons. The Morgan fingerprint density at radius 2 is 1.69 bits per heavy atom. The molecule has 3 heteroatoms. The number of hydrogen-bond acceptors (Lipinski definition) is 2. The number of nitrogens with zero attached hydrogens (tertiary/aromatic N) is 1. The Morgan fingerprint density at radius 3 is 2.38 bits per heavy atom. The van der Waals surface area contributed by atoms with Gasteiger partial charge in [-0.3, -0.25) is 0 Å². The maximum atomic E-state index is 6.06. The van der Waals surface area contributed by atoms with E-state index in [1.807, 2.05) is 18.3 Å². The second kappa shape index (κ2) is 7.51. The van der Waals surface area contributed by atoms with E-state index in [1.165, 1.54) is 27.8 Å². The second-order valence-electron chi connectivity index (χ2n) is 6.88. The molecule has 2 heterocycles. The van der Waals surface area contributed by atoms with Crippen molar-refractivity contribution in [1.29, 1.82) is 0 Å². The molecule has 0 saturated carbocycles. The molecule has 0 aliphatic carbocycles. The summed E-state index contributed by atoms with van der Waals surface area (Å²) in [6.07, 6.45) is 5.23. The summed E-state index contributed by atoms with van der Waals surface area (Å²) in [6, 6.07) is 19.5. The van der Waals surface area contributed by atoms with Gasteiger partial charge in [0.25, 0.3) is 0 Å². The number of anilines is 1. The number of hydrogen-bond donors (Lipinski definition) is 1. The Balaban J connectivity index is 1.66. The van der Waals surface area contributed by atoms with Crippen LogP contribution in [0.2, 0.25) is 5.02 Å². The van der Waals surface area contributed by atoms with Gasteiger partial charge in [0, 0.05) is 29.2 Å². The molecular formula is C23H23ClN2. The Labute approximate surface area is 160 Å². The van der Waals surface area contributed by atoms with Crippen molar-refractivity contribution in [3.63, 3.8) is 0 Å². The molecule has 1 aromatic heterocycles. The van der Waals surface area contributed by atoms with Gasteiger partial charge in [-0.1, -0.05) is 61.3 Å². The topological polar surface area (TPSA) is 24.9 Å². The molecule has 1 N–H and O–H groups in total. The summed E-state index contributed by atoms with van der Waals surface area (Å²) >= 11 is 6.06. The lowest BCUT2D eigenvalue weighted by atomic mass is 9.86. The highest BCUT2D eigenvalue weighted by Crippen LogP contribution is 2.34. The van der Waals surface area contributed by atoms with Crippen LogP contribution in [0, 0.1) is 0 Å². The zero-order valence-electron chi connectivity index (χ0n) is 15.0. The average molecular weight is 363 g/mol. The number of fused-ring (bicyclic) bond motifs is 1. The van der Waals surface area contributed by atoms with E-state index in [-0.39, 0.29) is 0 Å².